The van der Waals surface area contributed by atoms with E-state index in [9.17, 15) is 0 Å². The van der Waals surface area contributed by atoms with Gasteiger partial charge in [-0.1, -0.05) is 37.6 Å². The van der Waals surface area contributed by atoms with Gasteiger partial charge in [0, 0.05) is 6.61 Å². The molecule has 1 aromatic rings. The summed E-state index contributed by atoms with van der Waals surface area (Å²) in [6.45, 7) is 3.02. The highest BCUT2D eigenvalue weighted by atomic mass is 28.3. The third kappa shape index (κ3) is 3.21. The Labute approximate surface area is 111 Å². The molecule has 0 amide bonds. The van der Waals surface area contributed by atoms with Crippen LogP contribution in [0.4, 0.5) is 0 Å². The van der Waals surface area contributed by atoms with Crippen LogP contribution in [0.2, 0.25) is 6.04 Å². The summed E-state index contributed by atoms with van der Waals surface area (Å²) < 4.78 is 6.01. The molecule has 1 aliphatic heterocycles. The third-order valence-electron chi connectivity index (χ3n) is 3.72. The Morgan fingerprint density at radius 2 is 2.22 bits per heavy atom. The van der Waals surface area contributed by atoms with Crippen LogP contribution in [0.3, 0.4) is 0 Å². The first-order chi connectivity index (χ1) is 8.85. The van der Waals surface area contributed by atoms with Crippen molar-refractivity contribution in [2.24, 2.45) is 5.92 Å². The molecule has 0 aliphatic carbocycles. The van der Waals surface area contributed by atoms with Gasteiger partial charge in [-0.05, 0) is 36.1 Å². The Kier molecular flexibility index (Phi) is 4.97. The summed E-state index contributed by atoms with van der Waals surface area (Å²) in [6.07, 6.45) is 4.33. The van der Waals surface area contributed by atoms with Crippen LogP contribution in [0.5, 0.6) is 0 Å². The lowest BCUT2D eigenvalue weighted by molar-refractivity contribution is 0.294. The maximum atomic E-state index is 9.12. The molecule has 2 atom stereocenters. The van der Waals surface area contributed by atoms with E-state index in [1.807, 2.05) is 0 Å². The highest BCUT2D eigenvalue weighted by Gasteiger charge is 2.21. The summed E-state index contributed by atoms with van der Waals surface area (Å²) in [5.41, 5.74) is 1.35. The average Bonchev–Trinajstić information content (AvgIpc) is 2.46. The van der Waals surface area contributed by atoms with Gasteiger partial charge in [0.2, 0.25) is 9.04 Å². The Morgan fingerprint density at radius 1 is 1.39 bits per heavy atom. The molecule has 1 fully saturated rings. The van der Waals surface area contributed by atoms with E-state index in [1.54, 1.807) is 0 Å². The molecule has 0 saturated carbocycles. The van der Waals surface area contributed by atoms with E-state index >= 15 is 0 Å². The lowest BCUT2D eigenvalue weighted by atomic mass is 9.98. The van der Waals surface area contributed by atoms with Gasteiger partial charge in [0.1, 0.15) is 0 Å². The van der Waals surface area contributed by atoms with Crippen molar-refractivity contribution in [2.45, 2.75) is 38.7 Å². The zero-order valence-electron chi connectivity index (χ0n) is 11.1. The van der Waals surface area contributed by atoms with Gasteiger partial charge in [0.15, 0.2) is 0 Å². The molecule has 1 heterocycles. The number of benzene rings is 1. The number of rotatable bonds is 4. The number of nitrogens with zero attached hydrogens (tertiary/aromatic N) is 1. The smallest absolute Gasteiger partial charge is 0.208 e. The van der Waals surface area contributed by atoms with Crippen LogP contribution in [0.15, 0.2) is 24.3 Å². The number of hydrogen-bond acceptors (Lipinski definition) is 2. The Morgan fingerprint density at radius 3 is 2.89 bits per heavy atom. The fourth-order valence-electron chi connectivity index (χ4n) is 2.57. The second-order valence-electron chi connectivity index (χ2n) is 4.99. The van der Waals surface area contributed by atoms with E-state index < -0.39 is 9.04 Å². The normalized spacial score (nSPS) is 21.2. The molecule has 96 valence electrons. The van der Waals surface area contributed by atoms with Crippen molar-refractivity contribution in [2.75, 3.05) is 6.61 Å². The number of hydrogen-bond donors (Lipinski definition) is 0. The van der Waals surface area contributed by atoms with Crippen molar-refractivity contribution >= 4 is 14.2 Å². The maximum Gasteiger partial charge on any atom is 0.208 e. The number of nitriles is 1. The Hall–Kier alpha value is -1.11. The molecule has 0 N–H and O–H groups in total. The second kappa shape index (κ2) is 6.72. The summed E-state index contributed by atoms with van der Waals surface area (Å²) in [5, 5.41) is 10.6. The predicted molar refractivity (Wildman–Crippen MR) is 76.3 cm³/mol. The first-order valence-electron chi connectivity index (χ1n) is 6.94. The molecule has 18 heavy (non-hydrogen) atoms. The van der Waals surface area contributed by atoms with E-state index in [0.717, 1.165) is 19.4 Å². The fourth-order valence-corrected chi connectivity index (χ4v) is 5.29. The summed E-state index contributed by atoms with van der Waals surface area (Å²) in [5.74, 6) is 0.142. The molecule has 0 aromatic heterocycles. The van der Waals surface area contributed by atoms with Gasteiger partial charge in [-0.25, -0.2) is 0 Å². The lowest BCUT2D eigenvalue weighted by Crippen LogP contribution is -2.38. The van der Waals surface area contributed by atoms with Crippen LogP contribution in [0.1, 0.15) is 31.7 Å². The monoisotopic (exact) mass is 259 g/mol. The Bertz CT molecular complexity index is 421. The molecule has 0 radical (unpaired) electrons. The quantitative estimate of drug-likeness (QED) is 0.778. The van der Waals surface area contributed by atoms with E-state index in [4.69, 9.17) is 9.69 Å². The molecular formula is C15H21NOSi. The highest BCUT2D eigenvalue weighted by Crippen LogP contribution is 2.15. The van der Waals surface area contributed by atoms with Gasteiger partial charge in [-0.3, -0.25) is 0 Å². The highest BCUT2D eigenvalue weighted by molar-refractivity contribution is 6.68. The van der Waals surface area contributed by atoms with Gasteiger partial charge in [-0.15, -0.1) is 0 Å². The predicted octanol–water partition coefficient (Wildman–Crippen LogP) is 2.52. The molecule has 2 nitrogen and oxygen atoms in total. The van der Waals surface area contributed by atoms with Crippen molar-refractivity contribution in [3.8, 4) is 6.07 Å². The van der Waals surface area contributed by atoms with Crippen molar-refractivity contribution in [3.05, 3.63) is 29.8 Å². The van der Waals surface area contributed by atoms with E-state index in [0.29, 0.717) is 0 Å². The molecule has 3 heteroatoms. The van der Waals surface area contributed by atoms with E-state index in [1.165, 1.54) is 29.6 Å². The van der Waals surface area contributed by atoms with Crippen molar-refractivity contribution < 1.29 is 4.43 Å². The van der Waals surface area contributed by atoms with Crippen LogP contribution in [-0.4, -0.2) is 15.6 Å². The van der Waals surface area contributed by atoms with Crippen LogP contribution < -0.4 is 5.19 Å². The molecule has 1 aromatic carbocycles. The second-order valence-corrected chi connectivity index (χ2v) is 7.50. The molecule has 2 rings (SSSR count). The topological polar surface area (TPSA) is 33.0 Å². The van der Waals surface area contributed by atoms with Crippen LogP contribution in [0, 0.1) is 17.2 Å². The van der Waals surface area contributed by atoms with Crippen molar-refractivity contribution in [3.63, 3.8) is 0 Å². The molecule has 1 aliphatic rings. The van der Waals surface area contributed by atoms with Gasteiger partial charge in [0.25, 0.3) is 0 Å². The first kappa shape index (κ1) is 13.3. The summed E-state index contributed by atoms with van der Waals surface area (Å²) in [7, 11) is -1.21. The minimum atomic E-state index is -1.21. The minimum Gasteiger partial charge on any atom is -0.415 e. The maximum absolute atomic E-state index is 9.12. The van der Waals surface area contributed by atoms with Crippen molar-refractivity contribution in [1.82, 2.24) is 0 Å². The largest absolute Gasteiger partial charge is 0.415 e. The molecular weight excluding hydrogens is 238 g/mol. The summed E-state index contributed by atoms with van der Waals surface area (Å²) in [6, 6.07) is 12.3. The van der Waals surface area contributed by atoms with Crippen LogP contribution in [0.25, 0.3) is 0 Å². The molecule has 1 saturated heterocycles. The van der Waals surface area contributed by atoms with Crippen molar-refractivity contribution in [1.29, 1.82) is 5.26 Å². The first-order valence-corrected chi connectivity index (χ1v) is 8.80. The zero-order chi connectivity index (χ0) is 12.8. The van der Waals surface area contributed by atoms with Crippen LogP contribution >= 0.6 is 0 Å². The van der Waals surface area contributed by atoms with Gasteiger partial charge in [-0.2, -0.15) is 5.26 Å². The fraction of sp³-hybridized carbons (Fsp3) is 0.533. The summed E-state index contributed by atoms with van der Waals surface area (Å²) in [4.78, 5) is 0. The average molecular weight is 259 g/mol. The van der Waals surface area contributed by atoms with Crippen LogP contribution in [-0.2, 0) is 10.8 Å². The SMILES string of the molecule is CCC(C#N)Cc1ccccc1[SiH]1CCCCO1. The van der Waals surface area contributed by atoms with Gasteiger partial charge >= 0.3 is 0 Å². The van der Waals surface area contributed by atoms with E-state index in [2.05, 4.69) is 37.3 Å². The zero-order valence-corrected chi connectivity index (χ0v) is 12.2. The van der Waals surface area contributed by atoms with E-state index in [-0.39, 0.29) is 5.92 Å². The Balaban J connectivity index is 2.17. The lowest BCUT2D eigenvalue weighted by Gasteiger charge is -2.24. The van der Waals surface area contributed by atoms with Gasteiger partial charge in [0.05, 0.1) is 12.0 Å². The summed E-state index contributed by atoms with van der Waals surface area (Å²) >= 11 is 0. The minimum absolute atomic E-state index is 0.142. The molecule has 0 spiro atoms. The third-order valence-corrected chi connectivity index (χ3v) is 6.55. The standard InChI is InChI=1S/C15H21NOSi/c1-2-13(12-16)11-14-7-3-4-8-15(14)18-10-6-5-9-17-18/h3-4,7-8,13,18H,2,5-6,9-11H2,1H3. The van der Waals surface area contributed by atoms with Gasteiger partial charge < -0.3 is 4.43 Å². The molecule has 2 unspecified atom stereocenters. The molecule has 0 bridgehead atoms.